The van der Waals surface area contributed by atoms with Gasteiger partial charge in [-0.15, -0.1) is 11.3 Å². The van der Waals surface area contributed by atoms with Gasteiger partial charge in [-0.2, -0.15) is 0 Å². The maximum atomic E-state index is 11.7. The summed E-state index contributed by atoms with van der Waals surface area (Å²) in [5, 5.41) is 23.4. The van der Waals surface area contributed by atoms with Gasteiger partial charge >= 0.3 is 0 Å². The Morgan fingerprint density at radius 1 is 1.13 bits per heavy atom. The van der Waals surface area contributed by atoms with Crippen LogP contribution in [0.2, 0.25) is 0 Å². The topological polar surface area (TPSA) is 62.6 Å². The van der Waals surface area contributed by atoms with Gasteiger partial charge in [-0.05, 0) is 130 Å². The first-order valence-electron chi connectivity index (χ1n) is 15.5. The molecule has 1 unspecified atom stereocenters. The molecule has 1 aromatic carbocycles. The van der Waals surface area contributed by atoms with E-state index in [0.29, 0.717) is 35.5 Å². The van der Waals surface area contributed by atoms with Crippen LogP contribution < -0.4 is 0 Å². The molecular formula is C33H49NO3S. The highest BCUT2D eigenvalue weighted by molar-refractivity contribution is 7.18. The minimum Gasteiger partial charge on any atom is -0.393 e. The third-order valence-corrected chi connectivity index (χ3v) is 13.6. The van der Waals surface area contributed by atoms with Gasteiger partial charge in [0.25, 0.3) is 0 Å². The molecule has 4 saturated carbocycles. The van der Waals surface area contributed by atoms with E-state index in [0.717, 1.165) is 50.5 Å². The van der Waals surface area contributed by atoms with E-state index in [-0.39, 0.29) is 29.1 Å². The normalized spacial score (nSPS) is 43.4. The lowest BCUT2D eigenvalue weighted by molar-refractivity contribution is -0.218. The average Bonchev–Trinajstić information content (AvgIpc) is 3.49. The number of methoxy groups -OCH3 is 1. The summed E-state index contributed by atoms with van der Waals surface area (Å²) in [6, 6.07) is 6.59. The fraction of sp³-hybridized carbons (Fsp3) is 0.788. The predicted octanol–water partition coefficient (Wildman–Crippen LogP) is 7.18. The van der Waals surface area contributed by atoms with Crippen molar-refractivity contribution in [2.24, 2.45) is 46.3 Å². The quantitative estimate of drug-likeness (QED) is 0.408. The van der Waals surface area contributed by atoms with Crippen molar-refractivity contribution in [2.45, 2.75) is 110 Å². The fourth-order valence-electron chi connectivity index (χ4n) is 10.7. The fourth-order valence-corrected chi connectivity index (χ4v) is 11.7. The first-order chi connectivity index (χ1) is 18.2. The number of hydrogen-bond acceptors (Lipinski definition) is 5. The second-order valence-electron chi connectivity index (χ2n) is 13.9. The smallest absolute Gasteiger partial charge is 0.0938 e. The Morgan fingerprint density at radius 2 is 1.95 bits per heavy atom. The van der Waals surface area contributed by atoms with Gasteiger partial charge in [0.2, 0.25) is 0 Å². The number of nitrogens with zero attached hydrogens (tertiary/aromatic N) is 1. The van der Waals surface area contributed by atoms with Gasteiger partial charge in [-0.3, -0.25) is 0 Å². The molecule has 210 valence electrons. The van der Waals surface area contributed by atoms with Crippen LogP contribution in [0.3, 0.4) is 0 Å². The van der Waals surface area contributed by atoms with E-state index >= 15 is 0 Å². The third-order valence-electron chi connectivity index (χ3n) is 12.5. The lowest BCUT2D eigenvalue weighted by atomic mass is 9.42. The van der Waals surface area contributed by atoms with Crippen molar-refractivity contribution in [3.63, 3.8) is 0 Å². The van der Waals surface area contributed by atoms with Crippen LogP contribution in [0.15, 0.2) is 18.2 Å². The van der Waals surface area contributed by atoms with Gasteiger partial charge in [0.1, 0.15) is 0 Å². The molecule has 0 spiro atoms. The summed E-state index contributed by atoms with van der Waals surface area (Å²) in [6.07, 6.45) is 10.5. The molecule has 0 radical (unpaired) electrons. The number of hydrogen-bond donors (Lipinski definition) is 2. The Bertz CT molecular complexity index is 1150. The number of benzene rings is 1. The molecule has 4 aliphatic rings. The van der Waals surface area contributed by atoms with Gasteiger partial charge in [0, 0.05) is 12.5 Å². The van der Waals surface area contributed by atoms with Crippen LogP contribution in [0.4, 0.5) is 0 Å². The summed E-state index contributed by atoms with van der Waals surface area (Å²) in [5.41, 5.74) is 2.81. The molecule has 4 fully saturated rings. The predicted molar refractivity (Wildman–Crippen MR) is 155 cm³/mol. The van der Waals surface area contributed by atoms with E-state index in [9.17, 15) is 10.2 Å². The second kappa shape index (κ2) is 10.1. The number of aliphatic hydroxyl groups excluding tert-OH is 2. The van der Waals surface area contributed by atoms with E-state index in [1.165, 1.54) is 34.5 Å². The third kappa shape index (κ3) is 4.13. The Morgan fingerprint density at radius 3 is 2.71 bits per heavy atom. The molecule has 0 amide bonds. The molecule has 2 N–H and O–H groups in total. The zero-order chi connectivity index (χ0) is 26.8. The van der Waals surface area contributed by atoms with E-state index in [1.54, 1.807) is 0 Å². The van der Waals surface area contributed by atoms with Crippen LogP contribution in [0.1, 0.15) is 89.1 Å². The zero-order valence-electron chi connectivity index (χ0n) is 24.2. The minimum atomic E-state index is -0.239. The van der Waals surface area contributed by atoms with E-state index in [4.69, 9.17) is 9.72 Å². The van der Waals surface area contributed by atoms with Crippen molar-refractivity contribution < 1.29 is 14.9 Å². The molecule has 0 bridgehead atoms. The lowest BCUT2D eigenvalue weighted by Gasteiger charge is -2.64. The highest BCUT2D eigenvalue weighted by Crippen LogP contribution is 2.69. The molecule has 6 rings (SSSR count). The van der Waals surface area contributed by atoms with Gasteiger partial charge in [-0.1, -0.05) is 26.8 Å². The van der Waals surface area contributed by atoms with Crippen molar-refractivity contribution in [3.8, 4) is 0 Å². The van der Waals surface area contributed by atoms with E-state index < -0.39 is 0 Å². The number of aromatic nitrogens is 1. The summed E-state index contributed by atoms with van der Waals surface area (Å²) >= 11 is 1.87. The van der Waals surface area contributed by atoms with Crippen LogP contribution in [0.5, 0.6) is 0 Å². The van der Waals surface area contributed by atoms with E-state index in [1.807, 2.05) is 18.4 Å². The monoisotopic (exact) mass is 539 g/mol. The zero-order valence-corrected chi connectivity index (χ0v) is 25.0. The van der Waals surface area contributed by atoms with Crippen molar-refractivity contribution >= 4 is 21.6 Å². The maximum Gasteiger partial charge on any atom is 0.0938 e. The summed E-state index contributed by atoms with van der Waals surface area (Å²) < 4.78 is 7.79. The second-order valence-corrected chi connectivity index (χ2v) is 15.0. The van der Waals surface area contributed by atoms with Crippen LogP contribution in [0, 0.1) is 53.3 Å². The number of rotatable bonds is 6. The number of aliphatic hydroxyl groups is 2. The first kappa shape index (κ1) is 27.2. The molecular weight excluding hydrogens is 490 g/mol. The first-order valence-corrected chi connectivity index (χ1v) is 16.3. The summed E-state index contributed by atoms with van der Waals surface area (Å²) in [7, 11) is 1.95. The lowest BCUT2D eigenvalue weighted by Crippen LogP contribution is -2.63. The minimum absolute atomic E-state index is 0.151. The molecule has 0 saturated heterocycles. The molecule has 5 heteroatoms. The Hall–Kier alpha value is -1.01. The average molecular weight is 540 g/mol. The Labute approximate surface area is 233 Å². The number of thiazole rings is 1. The summed E-state index contributed by atoms with van der Waals surface area (Å²) in [4.78, 5) is 4.96. The number of ether oxygens (including phenoxy) is 1. The van der Waals surface area contributed by atoms with E-state index in [2.05, 4.69) is 45.9 Å². The standard InChI is InChI=1S/C33H49NO3S/c1-6-33-23(20(3)8-12-30-34-26-11-7-19(2)15-28(26)38-30)9-10-24(33)31-25(18-29(33)37-5)32(4)14-13-22(35)16-21(32)17-27(31)36/h7,11,15,20-25,27,29,31,35-36H,6,8-10,12-14,16-18H2,1-5H3/t20?,21-,22+,23+,24-,25-,27+,29-,31-,32-,33+/m0/s1. The molecule has 4 nitrogen and oxygen atoms in total. The van der Waals surface area contributed by atoms with Crippen LogP contribution in [-0.2, 0) is 11.2 Å². The largest absolute Gasteiger partial charge is 0.393 e. The van der Waals surface area contributed by atoms with Crippen molar-refractivity contribution in [3.05, 3.63) is 28.8 Å². The summed E-state index contributed by atoms with van der Waals surface area (Å²) in [6.45, 7) is 9.53. The van der Waals surface area contributed by atoms with Gasteiger partial charge in [0.05, 0.1) is 33.5 Å². The van der Waals surface area contributed by atoms with Crippen LogP contribution >= 0.6 is 11.3 Å². The van der Waals surface area contributed by atoms with Crippen molar-refractivity contribution in [2.75, 3.05) is 7.11 Å². The molecule has 38 heavy (non-hydrogen) atoms. The van der Waals surface area contributed by atoms with Crippen molar-refractivity contribution in [1.29, 1.82) is 0 Å². The van der Waals surface area contributed by atoms with Gasteiger partial charge in [0.15, 0.2) is 0 Å². The SMILES string of the molecule is CC[C@]12[C@@H](OC)C[C@H]3[C@@H]([C@H](O)C[C@@H]4C[C@H](O)CC[C@@]43C)[C@@H]1CC[C@@H]2C(C)CCc1nc2ccc(C)cc2s1. The Kier molecular flexibility index (Phi) is 7.24. The highest BCUT2D eigenvalue weighted by Gasteiger charge is 2.67. The number of fused-ring (bicyclic) bond motifs is 6. The maximum absolute atomic E-state index is 11.7. The van der Waals surface area contributed by atoms with Gasteiger partial charge < -0.3 is 14.9 Å². The molecule has 0 aliphatic heterocycles. The van der Waals surface area contributed by atoms with Crippen LogP contribution in [-0.4, -0.2) is 40.6 Å². The summed E-state index contributed by atoms with van der Waals surface area (Å²) in [5.74, 6) is 3.08. The van der Waals surface area contributed by atoms with Crippen molar-refractivity contribution in [1.82, 2.24) is 4.98 Å². The number of aryl methyl sites for hydroxylation is 2. The highest BCUT2D eigenvalue weighted by atomic mass is 32.1. The molecule has 4 aliphatic carbocycles. The van der Waals surface area contributed by atoms with Gasteiger partial charge in [-0.25, -0.2) is 4.98 Å². The molecule has 1 aromatic heterocycles. The van der Waals surface area contributed by atoms with Crippen LogP contribution in [0.25, 0.3) is 10.2 Å². The molecule has 2 aromatic rings. The molecule has 1 heterocycles. The molecule has 11 atom stereocenters. The Balaban J connectivity index is 1.25.